The minimum absolute atomic E-state index is 0.0113. The van der Waals surface area contributed by atoms with Gasteiger partial charge in [0.15, 0.2) is 9.79 Å². The molecule has 2 aromatic rings. The number of para-hydroxylation sites is 2. The molecule has 0 aliphatic carbocycles. The molecule has 55 heavy (non-hydrogen) atoms. The number of nitro benzene ring substituents is 2. The summed E-state index contributed by atoms with van der Waals surface area (Å²) in [7, 11) is -10.5. The van der Waals surface area contributed by atoms with Gasteiger partial charge in [-0.3, -0.25) is 20.2 Å². The Morgan fingerprint density at radius 3 is 1.82 bits per heavy atom. The number of hydrogen-bond donors (Lipinski definition) is 2. The fraction of sp³-hybridized carbons (Fsp3) is 0.588. The highest BCUT2D eigenvalue weighted by Crippen LogP contribution is 2.30. The van der Waals surface area contributed by atoms with Gasteiger partial charge in [0.25, 0.3) is 11.4 Å². The summed E-state index contributed by atoms with van der Waals surface area (Å²) in [6.45, 7) is 12.8. The maximum atomic E-state index is 14.1. The lowest BCUT2D eigenvalue weighted by Gasteiger charge is -2.30. The highest BCUT2D eigenvalue weighted by atomic mass is 32.2. The summed E-state index contributed by atoms with van der Waals surface area (Å²) >= 11 is 0. The number of rotatable bonds is 22. The number of carbonyl (C=O) groups excluding carboxylic acids is 2. The summed E-state index contributed by atoms with van der Waals surface area (Å²) < 4.78 is 68.6. The van der Waals surface area contributed by atoms with Crippen LogP contribution in [-0.4, -0.2) is 107 Å². The van der Waals surface area contributed by atoms with E-state index in [9.17, 15) is 46.7 Å². The number of carbonyl (C=O) groups is 2. The molecule has 0 saturated carbocycles. The number of benzene rings is 2. The minimum atomic E-state index is -4.57. The third-order valence-corrected chi connectivity index (χ3v) is 13.7. The van der Waals surface area contributed by atoms with Crippen molar-refractivity contribution >= 4 is 51.7 Å². The van der Waals surface area contributed by atoms with Crippen LogP contribution in [0.15, 0.2) is 58.3 Å². The second kappa shape index (κ2) is 20.7. The van der Waals surface area contributed by atoms with Gasteiger partial charge < -0.3 is 20.1 Å². The molecule has 0 aliphatic heterocycles. The van der Waals surface area contributed by atoms with Crippen molar-refractivity contribution in [2.75, 3.05) is 39.3 Å². The van der Waals surface area contributed by atoms with Gasteiger partial charge in [0.1, 0.15) is 5.60 Å². The molecule has 1 unspecified atom stereocenters. The zero-order chi connectivity index (χ0) is 41.6. The van der Waals surface area contributed by atoms with E-state index in [1.165, 1.54) is 31.2 Å². The number of alkyl carbamates (subject to hydrolysis) is 2. The average Bonchev–Trinajstić information content (AvgIpc) is 3.07. The van der Waals surface area contributed by atoms with Crippen LogP contribution in [0.2, 0.25) is 25.7 Å². The zero-order valence-corrected chi connectivity index (χ0v) is 35.1. The van der Waals surface area contributed by atoms with Crippen molar-refractivity contribution in [1.29, 1.82) is 0 Å². The first-order valence-electron chi connectivity index (χ1n) is 17.8. The Balaban J connectivity index is 2.34. The molecule has 308 valence electrons. The molecule has 0 heterocycles. The van der Waals surface area contributed by atoms with Gasteiger partial charge in [-0.25, -0.2) is 26.4 Å². The Kier molecular flexibility index (Phi) is 17.6. The van der Waals surface area contributed by atoms with Gasteiger partial charge in [0.05, 0.1) is 16.5 Å². The van der Waals surface area contributed by atoms with Gasteiger partial charge >= 0.3 is 12.2 Å². The molecule has 2 amide bonds. The van der Waals surface area contributed by atoms with Gasteiger partial charge in [0.2, 0.25) is 20.0 Å². The molecule has 2 aromatic carbocycles. The Bertz CT molecular complexity index is 1850. The smallest absolute Gasteiger partial charge is 0.407 e. The molecule has 1 atom stereocenters. The van der Waals surface area contributed by atoms with Crippen LogP contribution in [0.1, 0.15) is 53.4 Å². The normalized spacial score (nSPS) is 13.0. The Hall–Kier alpha value is -4.18. The van der Waals surface area contributed by atoms with E-state index in [0.717, 1.165) is 38.9 Å². The summed E-state index contributed by atoms with van der Waals surface area (Å²) in [4.78, 5) is 45.2. The first-order chi connectivity index (χ1) is 25.5. The van der Waals surface area contributed by atoms with Crippen molar-refractivity contribution in [1.82, 2.24) is 19.2 Å². The summed E-state index contributed by atoms with van der Waals surface area (Å²) in [5.41, 5.74) is -2.07. The molecule has 2 N–H and O–H groups in total. The van der Waals surface area contributed by atoms with E-state index in [2.05, 4.69) is 30.3 Å². The van der Waals surface area contributed by atoms with Crippen LogP contribution in [0.25, 0.3) is 0 Å². The van der Waals surface area contributed by atoms with E-state index >= 15 is 0 Å². The van der Waals surface area contributed by atoms with Gasteiger partial charge in [-0.1, -0.05) is 43.9 Å². The largest absolute Gasteiger partial charge is 0.450 e. The molecule has 21 heteroatoms. The van der Waals surface area contributed by atoms with E-state index in [1.54, 1.807) is 20.8 Å². The van der Waals surface area contributed by atoms with E-state index in [0.29, 0.717) is 6.42 Å². The average molecular weight is 831 g/mol. The van der Waals surface area contributed by atoms with Crippen LogP contribution in [0.3, 0.4) is 0 Å². The molecule has 0 aliphatic rings. The predicted molar refractivity (Wildman–Crippen MR) is 209 cm³/mol. The molecule has 0 aromatic heterocycles. The topological polar surface area (TPSA) is 238 Å². The van der Waals surface area contributed by atoms with Crippen LogP contribution in [0, 0.1) is 20.2 Å². The van der Waals surface area contributed by atoms with E-state index in [-0.39, 0.29) is 58.6 Å². The third-order valence-electron chi connectivity index (χ3n) is 8.03. The number of ether oxygens (including phenoxy) is 2. The molecule has 0 fully saturated rings. The fourth-order valence-corrected chi connectivity index (χ4v) is 9.39. The maximum Gasteiger partial charge on any atom is 0.407 e. The number of hydrogen-bond acceptors (Lipinski definition) is 12. The molecule has 18 nitrogen and oxygen atoms in total. The quantitative estimate of drug-likeness (QED) is 0.0627. The summed E-state index contributed by atoms with van der Waals surface area (Å²) in [5.74, 6) is 0. The van der Waals surface area contributed by atoms with Crippen molar-refractivity contribution in [3.63, 3.8) is 0 Å². The summed E-state index contributed by atoms with van der Waals surface area (Å²) in [5, 5.41) is 28.8. The molecule has 0 spiro atoms. The molecule has 0 radical (unpaired) electrons. The van der Waals surface area contributed by atoms with E-state index in [1.807, 2.05) is 0 Å². The predicted octanol–water partition coefficient (Wildman–Crippen LogP) is 5.72. The third kappa shape index (κ3) is 15.5. The Labute approximate surface area is 324 Å². The van der Waals surface area contributed by atoms with Crippen LogP contribution in [0.5, 0.6) is 0 Å². The molecule has 2 rings (SSSR count). The molecule has 0 bridgehead atoms. The summed E-state index contributed by atoms with van der Waals surface area (Å²) in [6, 6.07) is 9.54. The number of nitrogens with one attached hydrogen (secondary N) is 2. The molecule has 0 saturated heterocycles. The monoisotopic (exact) mass is 830 g/mol. The van der Waals surface area contributed by atoms with E-state index < -0.39 is 83.0 Å². The molecular formula is C34H54N6O12S2Si. The van der Waals surface area contributed by atoms with Gasteiger partial charge in [0, 0.05) is 59.0 Å². The van der Waals surface area contributed by atoms with Crippen molar-refractivity contribution in [2.45, 2.75) is 100 Å². The van der Waals surface area contributed by atoms with Gasteiger partial charge in [-0.05, 0) is 71.6 Å². The van der Waals surface area contributed by atoms with Crippen LogP contribution >= 0.6 is 0 Å². The second-order valence-corrected chi connectivity index (χ2v) is 24.4. The van der Waals surface area contributed by atoms with Crippen molar-refractivity contribution < 1.29 is 45.7 Å². The fourth-order valence-electron chi connectivity index (χ4n) is 5.17. The van der Waals surface area contributed by atoms with Gasteiger partial charge in [-0.15, -0.1) is 0 Å². The zero-order valence-electron chi connectivity index (χ0n) is 32.5. The van der Waals surface area contributed by atoms with Crippen molar-refractivity contribution in [2.24, 2.45) is 0 Å². The summed E-state index contributed by atoms with van der Waals surface area (Å²) in [6.07, 6.45) is -0.838. The van der Waals surface area contributed by atoms with Crippen LogP contribution in [-0.2, 0) is 29.5 Å². The van der Waals surface area contributed by atoms with E-state index in [4.69, 9.17) is 9.47 Å². The second-order valence-electron chi connectivity index (χ2n) is 15.0. The SMILES string of the molecule is CC(CCN(CCCCNC(=O)OCC[Si](C)(C)C)S(=O)(=O)c1ccccc1[N+](=O)[O-])N(CCCNC(=O)OC(C)(C)C)S(=O)(=O)c1ccccc1[N+](=O)[O-]. The van der Waals surface area contributed by atoms with Crippen molar-refractivity contribution in [3.05, 3.63) is 68.8 Å². The lowest BCUT2D eigenvalue weighted by atomic mass is 10.2. The number of nitrogens with zero attached hydrogens (tertiary/aromatic N) is 4. The highest BCUT2D eigenvalue weighted by molar-refractivity contribution is 7.89. The Morgan fingerprint density at radius 2 is 1.29 bits per heavy atom. The maximum absolute atomic E-state index is 14.1. The van der Waals surface area contributed by atoms with Gasteiger partial charge in [-0.2, -0.15) is 8.61 Å². The lowest BCUT2D eigenvalue weighted by Crippen LogP contribution is -2.43. The number of amides is 2. The standard InChI is InChI=1S/C34H54N6O12S2Si/c1-27(38(23-14-21-36-33(42)52-34(2,3)4)54(49,50)31-18-11-9-16-29(31)40(45)46)19-24-37(53(47,48)30-17-10-8-15-28(30)39(43)44)22-13-12-20-35-32(41)51-25-26-55(5,6)7/h8-11,15-18,27H,12-14,19-26H2,1-7H3,(H,35,41)(H,36,42). The lowest BCUT2D eigenvalue weighted by molar-refractivity contribution is -0.388. The van der Waals surface area contributed by atoms with Crippen molar-refractivity contribution in [3.8, 4) is 0 Å². The first kappa shape index (κ1) is 47.0. The number of unbranched alkanes of at least 4 members (excludes halogenated alkanes) is 1. The minimum Gasteiger partial charge on any atom is -0.450 e. The Morgan fingerprint density at radius 1 is 0.782 bits per heavy atom. The number of nitro groups is 2. The number of sulfonamides is 2. The highest BCUT2D eigenvalue weighted by Gasteiger charge is 2.36. The van der Waals surface area contributed by atoms with Crippen LogP contribution < -0.4 is 10.6 Å². The first-order valence-corrected chi connectivity index (χ1v) is 24.4. The molecular weight excluding hydrogens is 777 g/mol. The van der Waals surface area contributed by atoms with Crippen LogP contribution in [0.4, 0.5) is 21.0 Å².